The van der Waals surface area contributed by atoms with Crippen molar-refractivity contribution in [1.29, 1.82) is 0 Å². The molecule has 7 heteroatoms. The van der Waals surface area contributed by atoms with E-state index in [0.29, 0.717) is 5.91 Å². The third-order valence-corrected chi connectivity index (χ3v) is 6.93. The van der Waals surface area contributed by atoms with Crippen LogP contribution in [0, 0.1) is 11.8 Å². The largest absolute Gasteiger partial charge is 0.354 e. The Morgan fingerprint density at radius 2 is 2.00 bits per heavy atom. The molecule has 2 aromatic heterocycles. The monoisotopic (exact) mass is 396 g/mol. The summed E-state index contributed by atoms with van der Waals surface area (Å²) in [7, 11) is 0. The van der Waals surface area contributed by atoms with Crippen molar-refractivity contribution in [3.8, 4) is 0 Å². The molecule has 1 N–H and O–H groups in total. The molecule has 0 bridgehead atoms. The highest BCUT2D eigenvalue weighted by molar-refractivity contribution is 5.82. The van der Waals surface area contributed by atoms with E-state index in [-0.39, 0.29) is 5.92 Å². The maximum absolute atomic E-state index is 13.0. The molecule has 5 heterocycles. The second-order valence-electron chi connectivity index (χ2n) is 8.87. The number of nitrogens with zero attached hydrogens (tertiary/aromatic N) is 5. The number of aromatic nitrogens is 3. The Balaban J connectivity index is 1.30. The molecule has 3 aliphatic heterocycles. The summed E-state index contributed by atoms with van der Waals surface area (Å²) in [6.07, 6.45) is 8.65. The quantitative estimate of drug-likeness (QED) is 0.855. The standard InChI is InChI=1S/C22H32N6O/c1-2-3-16-7-12-26(13-8-16)22(29)17-14-27(15-17)21-18-4-9-23-10-5-19(18)25-20-6-11-24-28(20)21/h6,11,16-17,23H,2-5,7-10,12-15H2,1H3. The molecule has 7 nitrogen and oxygen atoms in total. The molecular formula is C22H32N6O. The number of likely N-dealkylation sites (tertiary alicyclic amines) is 1. The van der Waals surface area contributed by atoms with E-state index in [1.54, 1.807) is 0 Å². The van der Waals surface area contributed by atoms with Gasteiger partial charge in [-0.15, -0.1) is 0 Å². The van der Waals surface area contributed by atoms with Crippen LogP contribution in [-0.2, 0) is 17.6 Å². The van der Waals surface area contributed by atoms with E-state index >= 15 is 0 Å². The molecule has 2 aromatic rings. The fraction of sp³-hybridized carbons (Fsp3) is 0.682. The first kappa shape index (κ1) is 18.9. The normalized spacial score (nSPS) is 21.1. The zero-order valence-corrected chi connectivity index (χ0v) is 17.4. The minimum Gasteiger partial charge on any atom is -0.354 e. The zero-order valence-electron chi connectivity index (χ0n) is 17.4. The van der Waals surface area contributed by atoms with E-state index < -0.39 is 0 Å². The van der Waals surface area contributed by atoms with Crippen molar-refractivity contribution < 1.29 is 4.79 Å². The number of amides is 1. The predicted molar refractivity (Wildman–Crippen MR) is 113 cm³/mol. The summed E-state index contributed by atoms with van der Waals surface area (Å²) in [5.74, 6) is 2.45. The van der Waals surface area contributed by atoms with Crippen molar-refractivity contribution in [2.24, 2.45) is 11.8 Å². The lowest BCUT2D eigenvalue weighted by Gasteiger charge is -2.44. The summed E-state index contributed by atoms with van der Waals surface area (Å²) < 4.78 is 1.97. The van der Waals surface area contributed by atoms with Gasteiger partial charge in [0.25, 0.3) is 0 Å². The van der Waals surface area contributed by atoms with Crippen LogP contribution < -0.4 is 10.2 Å². The predicted octanol–water partition coefficient (Wildman–Crippen LogP) is 1.89. The molecule has 0 radical (unpaired) electrons. The van der Waals surface area contributed by atoms with Gasteiger partial charge in [-0.3, -0.25) is 4.79 Å². The molecule has 0 atom stereocenters. The summed E-state index contributed by atoms with van der Waals surface area (Å²) in [5.41, 5.74) is 3.40. The first-order valence-corrected chi connectivity index (χ1v) is 11.3. The number of fused-ring (bicyclic) bond motifs is 2. The Labute approximate surface area is 172 Å². The molecule has 1 amide bonds. The number of hydrogen-bond donors (Lipinski definition) is 1. The van der Waals surface area contributed by atoms with E-state index in [0.717, 1.165) is 69.5 Å². The fourth-order valence-corrected chi connectivity index (χ4v) is 5.26. The molecule has 0 aliphatic carbocycles. The van der Waals surface area contributed by atoms with Gasteiger partial charge in [0.15, 0.2) is 5.65 Å². The Hall–Kier alpha value is -2.15. The van der Waals surface area contributed by atoms with E-state index in [2.05, 4.69) is 27.1 Å². The average molecular weight is 397 g/mol. The number of nitrogens with one attached hydrogen (secondary N) is 1. The highest BCUT2D eigenvalue weighted by atomic mass is 16.2. The number of rotatable bonds is 4. The maximum atomic E-state index is 13.0. The number of carbonyl (C=O) groups excluding carboxylic acids is 1. The molecule has 156 valence electrons. The Bertz CT molecular complexity index is 879. The van der Waals surface area contributed by atoms with Gasteiger partial charge in [0, 0.05) is 50.8 Å². The Morgan fingerprint density at radius 3 is 2.79 bits per heavy atom. The topological polar surface area (TPSA) is 65.8 Å². The Morgan fingerprint density at radius 1 is 1.21 bits per heavy atom. The van der Waals surface area contributed by atoms with Gasteiger partial charge in [-0.2, -0.15) is 9.61 Å². The van der Waals surface area contributed by atoms with E-state index in [4.69, 9.17) is 4.98 Å². The molecule has 29 heavy (non-hydrogen) atoms. The lowest BCUT2D eigenvalue weighted by molar-refractivity contribution is -0.137. The number of hydrogen-bond acceptors (Lipinski definition) is 5. The third kappa shape index (κ3) is 3.50. The molecular weight excluding hydrogens is 364 g/mol. The average Bonchev–Trinajstić information content (AvgIpc) is 3.04. The Kier molecular flexibility index (Phi) is 5.16. The van der Waals surface area contributed by atoms with Gasteiger partial charge in [-0.1, -0.05) is 19.8 Å². The first-order chi connectivity index (χ1) is 14.2. The molecule has 0 unspecified atom stereocenters. The van der Waals surface area contributed by atoms with E-state index in [1.807, 2.05) is 16.8 Å². The van der Waals surface area contributed by atoms with Crippen molar-refractivity contribution in [3.05, 3.63) is 23.5 Å². The first-order valence-electron chi connectivity index (χ1n) is 11.3. The summed E-state index contributed by atoms with van der Waals surface area (Å²) in [6.45, 7) is 7.68. The van der Waals surface area contributed by atoms with Gasteiger partial charge in [-0.25, -0.2) is 4.98 Å². The number of anilines is 1. The number of piperidine rings is 1. The van der Waals surface area contributed by atoms with Crippen molar-refractivity contribution in [1.82, 2.24) is 24.8 Å². The maximum Gasteiger partial charge on any atom is 0.229 e. The lowest BCUT2D eigenvalue weighted by Crippen LogP contribution is -2.56. The van der Waals surface area contributed by atoms with E-state index in [1.165, 1.54) is 36.9 Å². The van der Waals surface area contributed by atoms with Crippen molar-refractivity contribution in [2.75, 3.05) is 44.2 Å². The van der Waals surface area contributed by atoms with Crippen LogP contribution in [0.4, 0.5) is 5.82 Å². The molecule has 0 aromatic carbocycles. The molecule has 0 saturated carbocycles. The molecule has 2 saturated heterocycles. The lowest BCUT2D eigenvalue weighted by atomic mass is 9.90. The van der Waals surface area contributed by atoms with Crippen molar-refractivity contribution in [2.45, 2.75) is 45.4 Å². The van der Waals surface area contributed by atoms with Crippen LogP contribution in [0.1, 0.15) is 43.9 Å². The molecule has 5 rings (SSSR count). The minimum absolute atomic E-state index is 0.121. The second-order valence-corrected chi connectivity index (χ2v) is 8.87. The molecule has 0 spiro atoms. The molecule has 2 fully saturated rings. The summed E-state index contributed by atoms with van der Waals surface area (Å²) in [5, 5.41) is 8.02. The number of carbonyl (C=O) groups is 1. The van der Waals surface area contributed by atoms with Gasteiger partial charge in [0.2, 0.25) is 5.91 Å². The highest BCUT2D eigenvalue weighted by Gasteiger charge is 2.39. The van der Waals surface area contributed by atoms with Crippen LogP contribution in [0.2, 0.25) is 0 Å². The minimum atomic E-state index is 0.121. The SMILES string of the molecule is CCCC1CCN(C(=O)C2CN(c3c4c(nc5ccnn35)CCNCC4)C2)CC1. The van der Waals surface area contributed by atoms with Gasteiger partial charge >= 0.3 is 0 Å². The smallest absolute Gasteiger partial charge is 0.229 e. The zero-order chi connectivity index (χ0) is 19.8. The molecule has 3 aliphatic rings. The van der Waals surface area contributed by atoms with Gasteiger partial charge in [-0.05, 0) is 31.7 Å². The van der Waals surface area contributed by atoms with E-state index in [9.17, 15) is 4.79 Å². The summed E-state index contributed by atoms with van der Waals surface area (Å²) in [6, 6.07) is 1.98. The fourth-order valence-electron chi connectivity index (χ4n) is 5.26. The van der Waals surface area contributed by atoms with Crippen LogP contribution in [-0.4, -0.2) is 64.7 Å². The third-order valence-electron chi connectivity index (χ3n) is 6.93. The van der Waals surface area contributed by atoms with Gasteiger partial charge in [0.05, 0.1) is 17.8 Å². The van der Waals surface area contributed by atoms with Crippen LogP contribution in [0.15, 0.2) is 12.3 Å². The van der Waals surface area contributed by atoms with Crippen molar-refractivity contribution in [3.63, 3.8) is 0 Å². The van der Waals surface area contributed by atoms with Crippen LogP contribution >= 0.6 is 0 Å². The van der Waals surface area contributed by atoms with Crippen LogP contribution in [0.3, 0.4) is 0 Å². The van der Waals surface area contributed by atoms with Crippen LogP contribution in [0.5, 0.6) is 0 Å². The summed E-state index contributed by atoms with van der Waals surface area (Å²) in [4.78, 5) is 22.3. The summed E-state index contributed by atoms with van der Waals surface area (Å²) >= 11 is 0. The van der Waals surface area contributed by atoms with Crippen molar-refractivity contribution >= 4 is 17.4 Å². The van der Waals surface area contributed by atoms with Crippen LogP contribution in [0.25, 0.3) is 5.65 Å². The van der Waals surface area contributed by atoms with Gasteiger partial charge < -0.3 is 15.1 Å². The second kappa shape index (κ2) is 7.94. The highest BCUT2D eigenvalue weighted by Crippen LogP contribution is 2.33. The van der Waals surface area contributed by atoms with Gasteiger partial charge in [0.1, 0.15) is 5.82 Å².